The molecule has 0 radical (unpaired) electrons. The Bertz CT molecular complexity index is 657. The molecule has 0 bridgehead atoms. The molecule has 1 atom stereocenters. The Kier molecular flexibility index (Phi) is 4.22. The number of rotatable bonds is 2. The van der Waals surface area contributed by atoms with E-state index in [0.29, 0.717) is 12.1 Å². The Balaban J connectivity index is 2.40. The normalized spacial score (nSPS) is 18.0. The number of aldehydes is 1. The van der Waals surface area contributed by atoms with Crippen molar-refractivity contribution in [3.63, 3.8) is 0 Å². The van der Waals surface area contributed by atoms with Crippen LogP contribution in [0.4, 0.5) is 10.5 Å². The minimum Gasteiger partial charge on any atom is -0.443 e. The number of hydrogen-bond acceptors (Lipinski definition) is 4. The third-order valence-corrected chi connectivity index (χ3v) is 4.97. The number of ether oxygens (including phenoxy) is 1. The number of anilines is 1. The van der Waals surface area contributed by atoms with E-state index in [4.69, 9.17) is 4.74 Å². The zero-order chi connectivity index (χ0) is 16.7. The molecule has 1 aliphatic heterocycles. The summed E-state index contributed by atoms with van der Waals surface area (Å²) in [6, 6.07) is 4.76. The van der Waals surface area contributed by atoms with Gasteiger partial charge in [0.15, 0.2) is 0 Å². The molecular weight excluding hydrogens is 301 g/mol. The van der Waals surface area contributed by atoms with Crippen LogP contribution >= 0.6 is 7.14 Å². The highest BCUT2D eigenvalue weighted by Gasteiger charge is 2.36. The van der Waals surface area contributed by atoms with Crippen molar-refractivity contribution in [3.8, 4) is 0 Å². The smallest absolute Gasteiger partial charge is 0.415 e. The highest BCUT2D eigenvalue weighted by molar-refractivity contribution is 7.70. The summed E-state index contributed by atoms with van der Waals surface area (Å²) in [6.45, 7) is 8.75. The monoisotopic (exact) mass is 323 g/mol. The van der Waals surface area contributed by atoms with Gasteiger partial charge in [-0.25, -0.2) is 4.79 Å². The summed E-state index contributed by atoms with van der Waals surface area (Å²) < 4.78 is 17.6. The number of carbonyl (C=O) groups is 2. The molecule has 6 heteroatoms. The van der Waals surface area contributed by atoms with Gasteiger partial charge in [0.1, 0.15) is 19.0 Å². The van der Waals surface area contributed by atoms with Crippen molar-refractivity contribution >= 4 is 30.5 Å². The molecule has 1 aliphatic rings. The van der Waals surface area contributed by atoms with Crippen LogP contribution in [0.25, 0.3) is 0 Å². The van der Waals surface area contributed by atoms with E-state index in [1.54, 1.807) is 46.2 Å². The predicted octanol–water partition coefficient (Wildman–Crippen LogP) is 2.80. The fourth-order valence-corrected chi connectivity index (χ4v) is 3.35. The van der Waals surface area contributed by atoms with E-state index < -0.39 is 24.9 Å². The first-order chi connectivity index (χ1) is 10.0. The van der Waals surface area contributed by atoms with Crippen LogP contribution in [0.15, 0.2) is 18.2 Å². The summed E-state index contributed by atoms with van der Waals surface area (Å²) in [7, 11) is -2.38. The van der Waals surface area contributed by atoms with E-state index in [1.165, 1.54) is 4.90 Å². The Labute approximate surface area is 131 Å². The van der Waals surface area contributed by atoms with Crippen molar-refractivity contribution in [2.75, 3.05) is 18.2 Å². The van der Waals surface area contributed by atoms with Gasteiger partial charge >= 0.3 is 6.09 Å². The molecule has 0 saturated carbocycles. The first-order valence-corrected chi connectivity index (χ1v) is 9.79. The van der Waals surface area contributed by atoms with Crippen molar-refractivity contribution < 1.29 is 18.9 Å². The topological polar surface area (TPSA) is 63.7 Å². The molecule has 0 unspecified atom stereocenters. The van der Waals surface area contributed by atoms with Gasteiger partial charge in [-0.05, 0) is 57.9 Å². The van der Waals surface area contributed by atoms with Gasteiger partial charge in [-0.2, -0.15) is 0 Å². The molecule has 0 N–H and O–H groups in total. The number of carbonyl (C=O) groups excluding carboxylic acids is 2. The minimum atomic E-state index is -2.38. The van der Waals surface area contributed by atoms with Crippen molar-refractivity contribution in [1.82, 2.24) is 0 Å². The van der Waals surface area contributed by atoms with Gasteiger partial charge < -0.3 is 14.1 Å². The lowest BCUT2D eigenvalue weighted by Gasteiger charge is -2.27. The van der Waals surface area contributed by atoms with Crippen LogP contribution in [0.3, 0.4) is 0 Å². The summed E-state index contributed by atoms with van der Waals surface area (Å²) in [5.74, 6) is 0. The average molecular weight is 323 g/mol. The lowest BCUT2D eigenvalue weighted by atomic mass is 10.1. The second-order valence-corrected chi connectivity index (χ2v) is 10.1. The molecule has 22 heavy (non-hydrogen) atoms. The van der Waals surface area contributed by atoms with E-state index in [1.807, 2.05) is 6.07 Å². The largest absolute Gasteiger partial charge is 0.443 e. The van der Waals surface area contributed by atoms with E-state index in [-0.39, 0.29) is 0 Å². The first kappa shape index (κ1) is 16.8. The molecule has 1 aromatic carbocycles. The molecule has 0 saturated heterocycles. The summed E-state index contributed by atoms with van der Waals surface area (Å²) >= 11 is 0. The van der Waals surface area contributed by atoms with Gasteiger partial charge in [0.25, 0.3) is 0 Å². The number of fused-ring (bicyclic) bond motifs is 1. The Morgan fingerprint density at radius 1 is 1.36 bits per heavy atom. The highest BCUT2D eigenvalue weighted by Crippen LogP contribution is 2.39. The van der Waals surface area contributed by atoms with E-state index in [2.05, 4.69) is 0 Å². The van der Waals surface area contributed by atoms with Gasteiger partial charge in [0.2, 0.25) is 0 Å². The van der Waals surface area contributed by atoms with Gasteiger partial charge in [-0.1, -0.05) is 0 Å². The summed E-state index contributed by atoms with van der Waals surface area (Å²) in [6.07, 6.45) is 0.639. The fraction of sp³-hybridized carbons (Fsp3) is 0.500. The van der Waals surface area contributed by atoms with Crippen molar-refractivity contribution in [3.05, 3.63) is 23.8 Å². The maximum absolute atomic E-state index is 12.4. The number of hydrogen-bond donors (Lipinski definition) is 0. The maximum atomic E-state index is 12.4. The Morgan fingerprint density at radius 2 is 2.00 bits per heavy atom. The summed E-state index contributed by atoms with van der Waals surface area (Å²) in [5.41, 5.74) is 0.878. The molecular formula is C16H22NO4P. The van der Waals surface area contributed by atoms with Crippen molar-refractivity contribution in [2.24, 2.45) is 0 Å². The third-order valence-electron chi connectivity index (χ3n) is 3.45. The number of nitrogens with zero attached hydrogens (tertiary/aromatic N) is 1. The Morgan fingerprint density at radius 3 is 2.50 bits per heavy atom. The van der Waals surface area contributed by atoms with Gasteiger partial charge in [0.05, 0.1) is 11.7 Å². The van der Waals surface area contributed by atoms with Gasteiger partial charge in [0, 0.05) is 11.7 Å². The van der Waals surface area contributed by atoms with Crippen LogP contribution in [-0.4, -0.2) is 37.4 Å². The van der Waals surface area contributed by atoms with Crippen LogP contribution in [0.2, 0.25) is 0 Å². The van der Waals surface area contributed by atoms with Gasteiger partial charge in [-0.15, -0.1) is 0 Å². The first-order valence-electron chi connectivity index (χ1n) is 7.19. The summed E-state index contributed by atoms with van der Waals surface area (Å²) in [4.78, 5) is 25.1. The van der Waals surface area contributed by atoms with Crippen LogP contribution in [-0.2, 0) is 20.5 Å². The van der Waals surface area contributed by atoms with Crippen LogP contribution < -0.4 is 10.2 Å². The zero-order valence-electron chi connectivity index (χ0n) is 13.6. The quantitative estimate of drug-likeness (QED) is 0.620. The van der Waals surface area contributed by atoms with Crippen molar-refractivity contribution in [1.29, 1.82) is 0 Å². The van der Waals surface area contributed by atoms with Crippen LogP contribution in [0.5, 0.6) is 0 Å². The van der Waals surface area contributed by atoms with Gasteiger partial charge in [-0.3, -0.25) is 4.90 Å². The molecule has 0 aromatic heterocycles. The fourth-order valence-electron chi connectivity index (χ4n) is 2.45. The van der Waals surface area contributed by atoms with E-state index in [0.717, 1.165) is 17.2 Å². The van der Waals surface area contributed by atoms with Crippen molar-refractivity contribution in [2.45, 2.75) is 38.8 Å². The Hall–Kier alpha value is -1.61. The molecule has 1 amide bonds. The molecule has 1 aromatic rings. The lowest BCUT2D eigenvalue weighted by molar-refractivity contribution is -0.108. The molecule has 2 rings (SSSR count). The molecule has 0 spiro atoms. The highest BCUT2D eigenvalue weighted by atomic mass is 31.2. The summed E-state index contributed by atoms with van der Waals surface area (Å²) in [5, 5.41) is 0.752. The zero-order valence-corrected chi connectivity index (χ0v) is 14.5. The molecule has 0 fully saturated rings. The standard InChI is InChI=1S/C16H22NO4P/c1-16(2,3)21-15(19)17-12(10-18)8-11-9-13(22(4,5)20)6-7-14(11)17/h6-7,9-10,12H,8H2,1-5H3/t12-/m1/s1. The van der Waals surface area contributed by atoms with E-state index in [9.17, 15) is 14.2 Å². The minimum absolute atomic E-state index is 0.423. The predicted molar refractivity (Wildman–Crippen MR) is 87.8 cm³/mol. The molecule has 1 heterocycles. The third kappa shape index (κ3) is 3.41. The maximum Gasteiger partial charge on any atom is 0.415 e. The number of amides is 1. The molecule has 0 aliphatic carbocycles. The number of benzene rings is 1. The second-order valence-electron chi connectivity index (χ2n) is 6.92. The lowest BCUT2D eigenvalue weighted by Crippen LogP contribution is -2.42. The molecule has 120 valence electrons. The SMILES string of the molecule is CC(C)(C)OC(=O)N1c2ccc(P(C)(C)=O)cc2C[C@@H]1C=O. The van der Waals surface area contributed by atoms with E-state index >= 15 is 0 Å². The average Bonchev–Trinajstić information content (AvgIpc) is 2.72. The molecule has 5 nitrogen and oxygen atoms in total. The van der Waals surface area contributed by atoms with Crippen LogP contribution in [0.1, 0.15) is 26.3 Å². The second kappa shape index (κ2) is 5.54. The van der Waals surface area contributed by atoms with Crippen LogP contribution in [0, 0.1) is 0 Å².